The summed E-state index contributed by atoms with van der Waals surface area (Å²) in [7, 11) is 0. The van der Waals surface area contributed by atoms with Crippen molar-refractivity contribution in [2.75, 3.05) is 6.61 Å². The predicted molar refractivity (Wildman–Crippen MR) is 36.6 cm³/mol. The normalized spacial score (nSPS) is 12.7. The van der Waals surface area contributed by atoms with E-state index in [1.807, 2.05) is 6.92 Å². The van der Waals surface area contributed by atoms with E-state index in [2.05, 4.69) is 4.74 Å². The Kier molecular flexibility index (Phi) is 5.30. The molecule has 0 N–H and O–H groups in total. The van der Waals surface area contributed by atoms with Gasteiger partial charge in [0.1, 0.15) is 0 Å². The van der Waals surface area contributed by atoms with Gasteiger partial charge < -0.3 is 4.74 Å². The Morgan fingerprint density at radius 3 is 2.80 bits per heavy atom. The summed E-state index contributed by atoms with van der Waals surface area (Å²) in [5.41, 5.74) is -2.02. The Balaban J connectivity index is 3.22. The molecule has 60 valence electrons. The van der Waals surface area contributed by atoms with Gasteiger partial charge in [-0.3, -0.25) is 0 Å². The van der Waals surface area contributed by atoms with Crippen molar-refractivity contribution in [3.05, 3.63) is 0 Å². The maximum atomic E-state index is 11.8. The highest BCUT2D eigenvalue weighted by atomic mass is 35.5. The Bertz CT molecular complexity index is 106. The molecule has 0 aromatic carbocycles. The van der Waals surface area contributed by atoms with Crippen LogP contribution in [0.5, 0.6) is 0 Å². The van der Waals surface area contributed by atoms with Crippen LogP contribution < -0.4 is 0 Å². The summed E-state index contributed by atoms with van der Waals surface area (Å²) < 4.78 is 16.2. The van der Waals surface area contributed by atoms with Crippen LogP contribution in [0.3, 0.4) is 0 Å². The highest BCUT2D eigenvalue weighted by molar-refractivity contribution is 6.28. The maximum Gasteiger partial charge on any atom is 0.356 e. The number of hydrogen-bond donors (Lipinski definition) is 0. The lowest BCUT2D eigenvalue weighted by Gasteiger charge is -2.01. The van der Waals surface area contributed by atoms with Crippen molar-refractivity contribution in [1.29, 1.82) is 0 Å². The molecule has 0 saturated heterocycles. The smallest absolute Gasteiger partial charge is 0.356 e. The van der Waals surface area contributed by atoms with Gasteiger partial charge in [0.2, 0.25) is 0 Å². The number of ether oxygens (including phenoxy) is 1. The van der Waals surface area contributed by atoms with Crippen LogP contribution >= 0.6 is 11.6 Å². The van der Waals surface area contributed by atoms with Crippen LogP contribution in [0.2, 0.25) is 0 Å². The maximum absolute atomic E-state index is 11.8. The van der Waals surface area contributed by atoms with Gasteiger partial charge in [0.25, 0.3) is 5.63 Å². The van der Waals surface area contributed by atoms with Crippen LogP contribution in [0.1, 0.15) is 19.8 Å². The number of rotatable bonds is 4. The van der Waals surface area contributed by atoms with Gasteiger partial charge in [-0.2, -0.15) is 0 Å². The van der Waals surface area contributed by atoms with Crippen molar-refractivity contribution in [3.8, 4) is 0 Å². The second-order valence-corrected chi connectivity index (χ2v) is 2.20. The van der Waals surface area contributed by atoms with E-state index in [0.717, 1.165) is 12.8 Å². The predicted octanol–water partition coefficient (Wildman–Crippen LogP) is 1.86. The van der Waals surface area contributed by atoms with Crippen molar-refractivity contribution in [2.24, 2.45) is 0 Å². The fourth-order valence-electron chi connectivity index (χ4n) is 0.380. The Hall–Kier alpha value is -0.310. The molecule has 0 bridgehead atoms. The first-order valence-corrected chi connectivity index (χ1v) is 3.57. The van der Waals surface area contributed by atoms with E-state index in [-0.39, 0.29) is 6.61 Å². The van der Waals surface area contributed by atoms with Crippen molar-refractivity contribution < 1.29 is 13.9 Å². The monoisotopic (exact) mass is 168 g/mol. The topological polar surface area (TPSA) is 26.3 Å². The molecule has 4 heteroatoms. The van der Waals surface area contributed by atoms with Crippen molar-refractivity contribution in [2.45, 2.75) is 25.4 Å². The third-order valence-corrected chi connectivity index (χ3v) is 1.10. The lowest BCUT2D eigenvalue weighted by Crippen LogP contribution is -2.13. The zero-order chi connectivity index (χ0) is 7.98. The van der Waals surface area contributed by atoms with E-state index in [1.54, 1.807) is 0 Å². The summed E-state index contributed by atoms with van der Waals surface area (Å²) >= 11 is 4.77. The van der Waals surface area contributed by atoms with Gasteiger partial charge >= 0.3 is 5.97 Å². The zero-order valence-corrected chi connectivity index (χ0v) is 6.53. The van der Waals surface area contributed by atoms with E-state index in [4.69, 9.17) is 11.6 Å². The Morgan fingerprint density at radius 2 is 2.40 bits per heavy atom. The van der Waals surface area contributed by atoms with E-state index < -0.39 is 11.6 Å². The minimum atomic E-state index is -2.02. The van der Waals surface area contributed by atoms with Crippen LogP contribution in [-0.4, -0.2) is 18.2 Å². The SMILES string of the molecule is CCCCOC(=O)[C@H](F)Cl. The number of halogens is 2. The molecule has 0 unspecified atom stereocenters. The molecule has 0 aliphatic heterocycles. The quantitative estimate of drug-likeness (QED) is 0.364. The van der Waals surface area contributed by atoms with Crippen molar-refractivity contribution >= 4 is 17.6 Å². The van der Waals surface area contributed by atoms with Crippen LogP contribution in [0.15, 0.2) is 0 Å². The Morgan fingerprint density at radius 1 is 1.80 bits per heavy atom. The van der Waals surface area contributed by atoms with Crippen LogP contribution in [0.25, 0.3) is 0 Å². The zero-order valence-electron chi connectivity index (χ0n) is 5.77. The van der Waals surface area contributed by atoms with E-state index >= 15 is 0 Å². The number of carbonyl (C=O) groups is 1. The summed E-state index contributed by atoms with van der Waals surface area (Å²) in [6.07, 6.45) is 1.65. The van der Waals surface area contributed by atoms with Crippen molar-refractivity contribution in [1.82, 2.24) is 0 Å². The molecule has 10 heavy (non-hydrogen) atoms. The molecule has 1 atom stereocenters. The fraction of sp³-hybridized carbons (Fsp3) is 0.833. The average Bonchev–Trinajstić information content (AvgIpc) is 1.88. The molecule has 2 nitrogen and oxygen atoms in total. The van der Waals surface area contributed by atoms with Crippen LogP contribution in [0.4, 0.5) is 4.39 Å². The molecule has 0 spiro atoms. The number of esters is 1. The molecule has 0 aliphatic rings. The van der Waals surface area contributed by atoms with Gasteiger partial charge in [-0.25, -0.2) is 9.18 Å². The van der Waals surface area contributed by atoms with E-state index in [1.165, 1.54) is 0 Å². The van der Waals surface area contributed by atoms with Gasteiger partial charge in [0.15, 0.2) is 0 Å². The lowest BCUT2D eigenvalue weighted by atomic mass is 10.4. The highest BCUT2D eigenvalue weighted by Crippen LogP contribution is 2.00. The summed E-state index contributed by atoms with van der Waals surface area (Å²) in [6.45, 7) is 2.20. The van der Waals surface area contributed by atoms with Crippen molar-refractivity contribution in [3.63, 3.8) is 0 Å². The number of alkyl halides is 2. The molecule has 0 amide bonds. The number of carbonyl (C=O) groups excluding carboxylic acids is 1. The largest absolute Gasteiger partial charge is 0.463 e. The molecule has 0 aliphatic carbocycles. The van der Waals surface area contributed by atoms with E-state index in [0.29, 0.717) is 0 Å². The molecular weight excluding hydrogens is 159 g/mol. The number of unbranched alkanes of at least 4 members (excludes halogenated alkanes) is 1. The second-order valence-electron chi connectivity index (χ2n) is 1.82. The fourth-order valence-corrected chi connectivity index (χ4v) is 0.443. The van der Waals surface area contributed by atoms with E-state index in [9.17, 15) is 9.18 Å². The Labute approximate surface area is 64.3 Å². The van der Waals surface area contributed by atoms with Gasteiger partial charge in [0, 0.05) is 0 Å². The van der Waals surface area contributed by atoms with Crippen LogP contribution in [0, 0.1) is 0 Å². The molecule has 0 aromatic rings. The van der Waals surface area contributed by atoms with Gasteiger partial charge in [0.05, 0.1) is 6.61 Å². The highest BCUT2D eigenvalue weighted by Gasteiger charge is 2.13. The minimum absolute atomic E-state index is 0.252. The summed E-state index contributed by atoms with van der Waals surface area (Å²) in [5.74, 6) is -0.991. The first-order valence-electron chi connectivity index (χ1n) is 3.13. The molecular formula is C6H10ClFO2. The molecule has 0 heterocycles. The first kappa shape index (κ1) is 9.69. The van der Waals surface area contributed by atoms with Gasteiger partial charge in [-0.15, -0.1) is 0 Å². The average molecular weight is 169 g/mol. The minimum Gasteiger partial charge on any atom is -0.463 e. The molecule has 0 rings (SSSR count). The standard InChI is InChI=1S/C6H10ClFO2/c1-2-3-4-10-6(9)5(7)8/h5H,2-4H2,1H3/t5-/m0/s1. The second kappa shape index (κ2) is 5.47. The summed E-state index contributed by atoms with van der Waals surface area (Å²) in [5, 5.41) is 0. The molecule has 0 aromatic heterocycles. The summed E-state index contributed by atoms with van der Waals surface area (Å²) in [6, 6.07) is 0. The van der Waals surface area contributed by atoms with Gasteiger partial charge in [-0.05, 0) is 6.42 Å². The lowest BCUT2D eigenvalue weighted by molar-refractivity contribution is -0.146. The van der Waals surface area contributed by atoms with Gasteiger partial charge in [-0.1, -0.05) is 24.9 Å². The third-order valence-electron chi connectivity index (χ3n) is 0.920. The molecule has 0 saturated carbocycles. The molecule has 0 radical (unpaired) electrons. The first-order chi connectivity index (χ1) is 4.68. The third kappa shape index (κ3) is 4.56. The van der Waals surface area contributed by atoms with Crippen LogP contribution in [-0.2, 0) is 9.53 Å². The molecule has 0 fully saturated rings. The summed E-state index contributed by atoms with van der Waals surface area (Å²) in [4.78, 5) is 10.3. The number of hydrogen-bond acceptors (Lipinski definition) is 2.